The summed E-state index contributed by atoms with van der Waals surface area (Å²) in [5.74, 6) is 0.814. The van der Waals surface area contributed by atoms with Gasteiger partial charge < -0.3 is 15.0 Å². The maximum absolute atomic E-state index is 12.2. The first kappa shape index (κ1) is 16.9. The third kappa shape index (κ3) is 5.02. The van der Waals surface area contributed by atoms with Gasteiger partial charge in [-0.3, -0.25) is 0 Å². The number of amides is 2. The van der Waals surface area contributed by atoms with Crippen molar-refractivity contribution in [1.82, 2.24) is 10.2 Å². The van der Waals surface area contributed by atoms with Crippen molar-refractivity contribution >= 4 is 6.03 Å². The van der Waals surface area contributed by atoms with Gasteiger partial charge in [0.25, 0.3) is 0 Å². The van der Waals surface area contributed by atoms with Gasteiger partial charge in [0.2, 0.25) is 0 Å². The van der Waals surface area contributed by atoms with Crippen molar-refractivity contribution in [3.8, 4) is 5.75 Å². The number of hydrogen-bond donors (Lipinski definition) is 1. The Morgan fingerprint density at radius 2 is 1.78 bits per heavy atom. The summed E-state index contributed by atoms with van der Waals surface area (Å²) in [6.07, 6.45) is 0. The van der Waals surface area contributed by atoms with Crippen LogP contribution in [-0.4, -0.2) is 31.1 Å². The van der Waals surface area contributed by atoms with Gasteiger partial charge in [-0.1, -0.05) is 42.5 Å². The third-order valence-electron chi connectivity index (χ3n) is 3.78. The molecule has 122 valence electrons. The minimum Gasteiger partial charge on any atom is -0.492 e. The first-order valence-corrected chi connectivity index (χ1v) is 7.83. The highest BCUT2D eigenvalue weighted by molar-refractivity contribution is 5.74. The summed E-state index contributed by atoms with van der Waals surface area (Å²) in [4.78, 5) is 13.9. The van der Waals surface area contributed by atoms with E-state index in [0.29, 0.717) is 13.2 Å². The highest BCUT2D eigenvalue weighted by atomic mass is 16.5. The lowest BCUT2D eigenvalue weighted by molar-refractivity contribution is 0.192. The molecule has 0 aliphatic heterocycles. The SMILES string of the molecule is Cc1ccccc1C(C)NC(=O)N(C)CCOc1ccccc1. The second-order valence-corrected chi connectivity index (χ2v) is 5.61. The highest BCUT2D eigenvalue weighted by Crippen LogP contribution is 2.16. The summed E-state index contributed by atoms with van der Waals surface area (Å²) >= 11 is 0. The van der Waals surface area contributed by atoms with Gasteiger partial charge in [-0.15, -0.1) is 0 Å². The molecule has 0 fully saturated rings. The quantitative estimate of drug-likeness (QED) is 0.882. The van der Waals surface area contributed by atoms with E-state index >= 15 is 0 Å². The summed E-state index contributed by atoms with van der Waals surface area (Å²) in [5, 5.41) is 3.02. The Bertz CT molecular complexity index is 628. The number of para-hydroxylation sites is 1. The molecule has 4 nitrogen and oxygen atoms in total. The van der Waals surface area contributed by atoms with Crippen LogP contribution < -0.4 is 10.1 Å². The largest absolute Gasteiger partial charge is 0.492 e. The molecule has 0 aliphatic carbocycles. The van der Waals surface area contributed by atoms with E-state index in [9.17, 15) is 4.79 Å². The summed E-state index contributed by atoms with van der Waals surface area (Å²) in [6, 6.07) is 17.6. The number of ether oxygens (including phenoxy) is 1. The smallest absolute Gasteiger partial charge is 0.317 e. The predicted octanol–water partition coefficient (Wildman–Crippen LogP) is 3.78. The van der Waals surface area contributed by atoms with Gasteiger partial charge in [0.05, 0.1) is 12.6 Å². The molecule has 1 unspecified atom stereocenters. The number of hydrogen-bond acceptors (Lipinski definition) is 2. The molecule has 1 N–H and O–H groups in total. The predicted molar refractivity (Wildman–Crippen MR) is 92.7 cm³/mol. The zero-order valence-electron chi connectivity index (χ0n) is 14.0. The standard InChI is InChI=1S/C19H24N2O2/c1-15-9-7-8-12-18(15)16(2)20-19(22)21(3)13-14-23-17-10-5-4-6-11-17/h4-12,16H,13-14H2,1-3H3,(H,20,22). The number of likely N-dealkylation sites (N-methyl/N-ethyl adjacent to an activating group) is 1. The number of carbonyl (C=O) groups excluding carboxylic acids is 1. The molecule has 0 spiro atoms. The minimum absolute atomic E-state index is 0.0267. The van der Waals surface area contributed by atoms with Crippen molar-refractivity contribution in [1.29, 1.82) is 0 Å². The van der Waals surface area contributed by atoms with Crippen LogP contribution in [0.1, 0.15) is 24.1 Å². The van der Waals surface area contributed by atoms with Crippen LogP contribution in [0.3, 0.4) is 0 Å². The number of rotatable bonds is 6. The summed E-state index contributed by atoms with van der Waals surface area (Å²) in [7, 11) is 1.77. The Labute approximate surface area is 138 Å². The first-order chi connectivity index (χ1) is 11.1. The van der Waals surface area contributed by atoms with Gasteiger partial charge in [0.1, 0.15) is 12.4 Å². The van der Waals surface area contributed by atoms with Crippen LogP contribution in [0.25, 0.3) is 0 Å². The molecule has 0 saturated carbocycles. The van der Waals surface area contributed by atoms with E-state index < -0.39 is 0 Å². The molecule has 4 heteroatoms. The molecule has 2 rings (SSSR count). The van der Waals surface area contributed by atoms with E-state index in [4.69, 9.17) is 4.74 Å². The van der Waals surface area contributed by atoms with Crippen LogP contribution in [0.15, 0.2) is 54.6 Å². The minimum atomic E-state index is -0.0996. The van der Waals surface area contributed by atoms with E-state index in [-0.39, 0.29) is 12.1 Å². The second kappa shape index (κ2) is 8.22. The molecule has 0 saturated heterocycles. The molecule has 0 bridgehead atoms. The van der Waals surface area contributed by atoms with Crippen molar-refractivity contribution in [3.05, 3.63) is 65.7 Å². The fraction of sp³-hybridized carbons (Fsp3) is 0.316. The molecule has 23 heavy (non-hydrogen) atoms. The van der Waals surface area contributed by atoms with Crippen LogP contribution in [-0.2, 0) is 0 Å². The van der Waals surface area contributed by atoms with E-state index in [1.54, 1.807) is 11.9 Å². The molecule has 1 atom stereocenters. The van der Waals surface area contributed by atoms with Gasteiger partial charge in [-0.25, -0.2) is 4.79 Å². The Morgan fingerprint density at radius 3 is 2.48 bits per heavy atom. The van der Waals surface area contributed by atoms with Crippen LogP contribution in [0.2, 0.25) is 0 Å². The van der Waals surface area contributed by atoms with Gasteiger partial charge in [0, 0.05) is 7.05 Å². The molecule has 2 aromatic rings. The Kier molecular flexibility index (Phi) is 6.03. The third-order valence-corrected chi connectivity index (χ3v) is 3.78. The Balaban J connectivity index is 1.79. The summed E-state index contributed by atoms with van der Waals surface area (Å²) in [5.41, 5.74) is 2.31. The molecule has 0 aliphatic rings. The van der Waals surface area contributed by atoms with Crippen molar-refractivity contribution in [2.75, 3.05) is 20.2 Å². The van der Waals surface area contributed by atoms with Crippen LogP contribution in [0.4, 0.5) is 4.79 Å². The molecule has 2 amide bonds. The normalized spacial score (nSPS) is 11.6. The van der Waals surface area contributed by atoms with Gasteiger partial charge in [-0.05, 0) is 37.1 Å². The highest BCUT2D eigenvalue weighted by Gasteiger charge is 2.14. The Hall–Kier alpha value is -2.49. The van der Waals surface area contributed by atoms with E-state index in [0.717, 1.165) is 11.3 Å². The van der Waals surface area contributed by atoms with Crippen LogP contribution in [0.5, 0.6) is 5.75 Å². The molecule has 2 aromatic carbocycles. The number of carbonyl (C=O) groups is 1. The van der Waals surface area contributed by atoms with Crippen molar-refractivity contribution < 1.29 is 9.53 Å². The van der Waals surface area contributed by atoms with E-state index in [2.05, 4.69) is 18.3 Å². The maximum atomic E-state index is 12.2. The van der Waals surface area contributed by atoms with Crippen LogP contribution >= 0.6 is 0 Å². The average molecular weight is 312 g/mol. The van der Waals surface area contributed by atoms with Gasteiger partial charge >= 0.3 is 6.03 Å². The first-order valence-electron chi connectivity index (χ1n) is 7.83. The summed E-state index contributed by atoms with van der Waals surface area (Å²) < 4.78 is 5.61. The zero-order valence-corrected chi connectivity index (χ0v) is 14.0. The zero-order chi connectivity index (χ0) is 16.7. The molecular weight excluding hydrogens is 288 g/mol. The number of nitrogens with one attached hydrogen (secondary N) is 1. The lowest BCUT2D eigenvalue weighted by Gasteiger charge is -2.22. The van der Waals surface area contributed by atoms with Gasteiger partial charge in [0.15, 0.2) is 0 Å². The van der Waals surface area contributed by atoms with Crippen molar-refractivity contribution in [2.24, 2.45) is 0 Å². The van der Waals surface area contributed by atoms with Crippen LogP contribution in [0, 0.1) is 6.92 Å². The van der Waals surface area contributed by atoms with E-state index in [1.807, 2.05) is 55.5 Å². The second-order valence-electron chi connectivity index (χ2n) is 5.61. The topological polar surface area (TPSA) is 41.6 Å². The fourth-order valence-corrected chi connectivity index (χ4v) is 2.36. The molecule has 0 radical (unpaired) electrons. The molecule has 0 heterocycles. The monoisotopic (exact) mass is 312 g/mol. The fourth-order valence-electron chi connectivity index (χ4n) is 2.36. The number of aryl methyl sites for hydroxylation is 1. The van der Waals surface area contributed by atoms with Crippen molar-refractivity contribution in [2.45, 2.75) is 19.9 Å². The van der Waals surface area contributed by atoms with Crippen molar-refractivity contribution in [3.63, 3.8) is 0 Å². The van der Waals surface area contributed by atoms with Gasteiger partial charge in [-0.2, -0.15) is 0 Å². The lowest BCUT2D eigenvalue weighted by atomic mass is 10.0. The lowest BCUT2D eigenvalue weighted by Crippen LogP contribution is -2.40. The van der Waals surface area contributed by atoms with E-state index in [1.165, 1.54) is 5.56 Å². The maximum Gasteiger partial charge on any atom is 0.317 e. The molecule has 0 aromatic heterocycles. The Morgan fingerprint density at radius 1 is 1.13 bits per heavy atom. The number of benzene rings is 2. The average Bonchev–Trinajstić information content (AvgIpc) is 2.56. The summed E-state index contributed by atoms with van der Waals surface area (Å²) in [6.45, 7) is 5.04. The number of urea groups is 1. The number of nitrogens with zero attached hydrogens (tertiary/aromatic N) is 1. The molecular formula is C19H24N2O2.